The molecule has 0 saturated heterocycles. The maximum absolute atomic E-state index is 14.1. The minimum atomic E-state index is -3.71. The second kappa shape index (κ2) is 16.6. The minimum Gasteiger partial charge on any atom is -0.487 e. The normalized spacial score (nSPS) is 18.0. The van der Waals surface area contributed by atoms with Gasteiger partial charge in [-0.05, 0) is 66.4 Å². The number of sulfone groups is 1. The number of unbranched alkanes of at least 4 members (excludes halogenated alkanes) is 2. The van der Waals surface area contributed by atoms with E-state index in [1.165, 1.54) is 4.90 Å². The fourth-order valence-electron chi connectivity index (χ4n) is 6.80. The largest absolute Gasteiger partial charge is 0.487 e. The van der Waals surface area contributed by atoms with Crippen LogP contribution < -0.4 is 9.64 Å². The number of carbonyl (C=O) groups is 2. The number of carboxylic acid groups (broad SMARTS) is 2. The van der Waals surface area contributed by atoms with Crippen LogP contribution in [0, 0.1) is 5.41 Å². The average molecular weight is 696 g/mol. The van der Waals surface area contributed by atoms with Crippen molar-refractivity contribution >= 4 is 27.5 Å². The fourth-order valence-corrected chi connectivity index (χ4v) is 8.99. The lowest BCUT2D eigenvalue weighted by atomic mass is 9.68. The molecule has 3 aromatic rings. The van der Waals surface area contributed by atoms with Crippen molar-refractivity contribution in [2.45, 2.75) is 82.4 Å². The zero-order valence-electron chi connectivity index (χ0n) is 28.8. The number of nitrogens with zero attached hydrogens (tertiary/aromatic N) is 3. The summed E-state index contributed by atoms with van der Waals surface area (Å²) in [5, 5.41) is 30.7. The predicted octanol–water partition coefficient (Wildman–Crippen LogP) is 5.34. The molecule has 49 heavy (non-hydrogen) atoms. The van der Waals surface area contributed by atoms with Crippen LogP contribution in [0.15, 0.2) is 65.6 Å². The standard InChI is InChI=1S/C37H49N3O8S/c1-5-7-18-37(19-8-6-2)25-49(46,47)32-17-14-29(39(3)4)20-31(32)35(36(37)45)26-12-15-30(16-13-26)48-24-28-11-9-10-27(38-28)21-40(22-33(41)42)23-34(43)44/h9-17,20,35-36,45H,5-8,18-19,21-25H2,1-4H3,(H,41,42)(H,43,44)/t35-,36-/m1/s1. The van der Waals surface area contributed by atoms with Crippen LogP contribution >= 0.6 is 0 Å². The summed E-state index contributed by atoms with van der Waals surface area (Å²) in [5.74, 6) is -2.37. The number of aliphatic hydroxyl groups is 1. The number of hydrogen-bond donors (Lipinski definition) is 3. The number of aromatic nitrogens is 1. The molecule has 1 aromatic heterocycles. The number of aliphatic hydroxyl groups excluding tert-OH is 1. The molecule has 12 heteroatoms. The van der Waals surface area contributed by atoms with Gasteiger partial charge in [0.1, 0.15) is 12.4 Å². The summed E-state index contributed by atoms with van der Waals surface area (Å²) in [5.41, 5.74) is 2.54. The van der Waals surface area contributed by atoms with Gasteiger partial charge in [-0.3, -0.25) is 19.5 Å². The van der Waals surface area contributed by atoms with E-state index in [2.05, 4.69) is 18.8 Å². The van der Waals surface area contributed by atoms with E-state index in [1.807, 2.05) is 55.4 Å². The van der Waals surface area contributed by atoms with Crippen LogP contribution in [-0.2, 0) is 32.6 Å². The highest BCUT2D eigenvalue weighted by atomic mass is 32.2. The second-order valence-electron chi connectivity index (χ2n) is 13.3. The first-order valence-corrected chi connectivity index (χ1v) is 18.5. The molecular formula is C37H49N3O8S. The maximum Gasteiger partial charge on any atom is 0.317 e. The SMILES string of the molecule is CCCCC1(CCCC)CS(=O)(=O)c2ccc(N(C)C)cc2[C@@H](c2ccc(OCc3cccc(CN(CC(=O)O)CC(=O)O)n3)cc2)[C@H]1O. The quantitative estimate of drug-likeness (QED) is 0.167. The van der Waals surface area contributed by atoms with E-state index in [9.17, 15) is 23.1 Å². The first kappa shape index (κ1) is 37.8. The second-order valence-corrected chi connectivity index (χ2v) is 15.2. The Labute approximate surface area is 289 Å². The molecule has 0 fully saturated rings. The molecule has 1 aliphatic rings. The molecule has 0 radical (unpaired) electrons. The molecule has 0 bridgehead atoms. The summed E-state index contributed by atoms with van der Waals surface area (Å²) in [6, 6.07) is 18.0. The Morgan fingerprint density at radius 2 is 1.53 bits per heavy atom. The van der Waals surface area contributed by atoms with Gasteiger partial charge >= 0.3 is 11.9 Å². The Bertz CT molecular complexity index is 1670. The van der Waals surface area contributed by atoms with E-state index in [-0.39, 0.29) is 23.8 Å². The van der Waals surface area contributed by atoms with Crippen LogP contribution in [0.5, 0.6) is 5.75 Å². The lowest BCUT2D eigenvalue weighted by Crippen LogP contribution is -2.43. The van der Waals surface area contributed by atoms with Crippen molar-refractivity contribution < 1.29 is 38.1 Å². The van der Waals surface area contributed by atoms with Crippen molar-refractivity contribution in [1.29, 1.82) is 0 Å². The van der Waals surface area contributed by atoms with Gasteiger partial charge in [-0.25, -0.2) is 8.42 Å². The smallest absolute Gasteiger partial charge is 0.317 e. The van der Waals surface area contributed by atoms with Gasteiger partial charge in [0.2, 0.25) is 0 Å². The van der Waals surface area contributed by atoms with E-state index in [0.717, 1.165) is 36.9 Å². The third-order valence-electron chi connectivity index (χ3n) is 9.25. The summed E-state index contributed by atoms with van der Waals surface area (Å²) < 4.78 is 34.2. The molecule has 1 aliphatic heterocycles. The number of rotatable bonds is 17. The summed E-state index contributed by atoms with van der Waals surface area (Å²) in [6.45, 7) is 3.47. The van der Waals surface area contributed by atoms with E-state index < -0.39 is 52.3 Å². The summed E-state index contributed by atoms with van der Waals surface area (Å²) in [7, 11) is 0.108. The third kappa shape index (κ3) is 9.58. The van der Waals surface area contributed by atoms with Crippen molar-refractivity contribution in [3.63, 3.8) is 0 Å². The minimum absolute atomic E-state index is 0.0512. The molecule has 4 rings (SSSR count). The third-order valence-corrected chi connectivity index (χ3v) is 11.2. The monoisotopic (exact) mass is 695 g/mol. The molecular weight excluding hydrogens is 646 g/mol. The number of hydrogen-bond acceptors (Lipinski definition) is 9. The number of carboxylic acids is 2. The van der Waals surface area contributed by atoms with Crippen molar-refractivity contribution in [1.82, 2.24) is 9.88 Å². The zero-order chi connectivity index (χ0) is 35.8. The molecule has 0 saturated carbocycles. The summed E-state index contributed by atoms with van der Waals surface area (Å²) in [4.78, 5) is 30.4. The Balaban J connectivity index is 1.64. The van der Waals surface area contributed by atoms with E-state index >= 15 is 0 Å². The van der Waals surface area contributed by atoms with Gasteiger partial charge in [-0.2, -0.15) is 0 Å². The Morgan fingerprint density at radius 3 is 2.10 bits per heavy atom. The van der Waals surface area contributed by atoms with E-state index in [0.29, 0.717) is 35.5 Å². The predicted molar refractivity (Wildman–Crippen MR) is 188 cm³/mol. The van der Waals surface area contributed by atoms with Crippen LogP contribution in [0.3, 0.4) is 0 Å². The van der Waals surface area contributed by atoms with Crippen LogP contribution in [0.4, 0.5) is 5.69 Å². The Morgan fingerprint density at radius 1 is 0.918 bits per heavy atom. The van der Waals surface area contributed by atoms with Crippen LogP contribution in [-0.4, -0.2) is 84.6 Å². The lowest BCUT2D eigenvalue weighted by Gasteiger charge is -2.40. The van der Waals surface area contributed by atoms with E-state index in [4.69, 9.17) is 14.9 Å². The topological polar surface area (TPSA) is 158 Å². The van der Waals surface area contributed by atoms with Gasteiger partial charge in [-0.1, -0.05) is 57.7 Å². The highest BCUT2D eigenvalue weighted by molar-refractivity contribution is 7.91. The molecule has 11 nitrogen and oxygen atoms in total. The maximum atomic E-state index is 14.1. The van der Waals surface area contributed by atoms with Crippen LogP contribution in [0.2, 0.25) is 0 Å². The molecule has 3 N–H and O–H groups in total. The van der Waals surface area contributed by atoms with Crippen molar-refractivity contribution in [3.05, 3.63) is 83.2 Å². The Hall–Kier alpha value is -4.00. The number of fused-ring (bicyclic) bond motifs is 1. The number of benzene rings is 2. The first-order chi connectivity index (χ1) is 23.3. The highest BCUT2D eigenvalue weighted by Crippen LogP contribution is 2.50. The molecule has 0 spiro atoms. The molecule has 2 heterocycles. The van der Waals surface area contributed by atoms with Crippen LogP contribution in [0.1, 0.15) is 80.8 Å². The van der Waals surface area contributed by atoms with Gasteiger partial charge in [0, 0.05) is 37.7 Å². The highest BCUT2D eigenvalue weighted by Gasteiger charge is 2.49. The summed E-state index contributed by atoms with van der Waals surface area (Å²) in [6.07, 6.45) is 3.74. The molecule has 0 aliphatic carbocycles. The Kier molecular flexibility index (Phi) is 12.8. The number of anilines is 1. The van der Waals surface area contributed by atoms with Gasteiger partial charge in [-0.15, -0.1) is 0 Å². The summed E-state index contributed by atoms with van der Waals surface area (Å²) >= 11 is 0. The average Bonchev–Trinajstić information content (AvgIpc) is 3.11. The van der Waals surface area contributed by atoms with Gasteiger partial charge in [0.25, 0.3) is 0 Å². The van der Waals surface area contributed by atoms with Gasteiger partial charge in [0.05, 0.1) is 41.2 Å². The molecule has 0 unspecified atom stereocenters. The zero-order valence-corrected chi connectivity index (χ0v) is 29.7. The van der Waals surface area contributed by atoms with Gasteiger partial charge < -0.3 is 25.0 Å². The number of pyridine rings is 1. The molecule has 0 amide bonds. The van der Waals surface area contributed by atoms with Crippen molar-refractivity contribution in [3.8, 4) is 5.75 Å². The number of ether oxygens (including phenoxy) is 1. The molecule has 266 valence electrons. The lowest BCUT2D eigenvalue weighted by molar-refractivity contribution is -0.142. The number of aliphatic carboxylic acids is 2. The molecule has 2 atom stereocenters. The van der Waals surface area contributed by atoms with Gasteiger partial charge in [0.15, 0.2) is 9.84 Å². The van der Waals surface area contributed by atoms with Crippen molar-refractivity contribution in [2.24, 2.45) is 5.41 Å². The first-order valence-electron chi connectivity index (χ1n) is 16.8. The van der Waals surface area contributed by atoms with Crippen LogP contribution in [0.25, 0.3) is 0 Å². The van der Waals surface area contributed by atoms with Crippen molar-refractivity contribution in [2.75, 3.05) is 37.8 Å². The fraction of sp³-hybridized carbons (Fsp3) is 0.486. The van der Waals surface area contributed by atoms with E-state index in [1.54, 1.807) is 24.3 Å². The molecule has 2 aromatic carbocycles.